The van der Waals surface area contributed by atoms with Crippen molar-refractivity contribution >= 4 is 5.82 Å². The Bertz CT molecular complexity index is 347. The number of aromatic nitrogens is 2. The van der Waals surface area contributed by atoms with Crippen molar-refractivity contribution in [2.45, 2.75) is 34.2 Å². The van der Waals surface area contributed by atoms with Gasteiger partial charge in [-0.25, -0.2) is 9.97 Å². The first kappa shape index (κ1) is 13.9. The molecule has 0 saturated heterocycles. The van der Waals surface area contributed by atoms with E-state index >= 15 is 0 Å². The largest absolute Gasteiger partial charge is 0.369 e. The van der Waals surface area contributed by atoms with Crippen molar-refractivity contribution in [3.8, 4) is 0 Å². The van der Waals surface area contributed by atoms with Crippen LogP contribution in [0.5, 0.6) is 0 Å². The Kier molecular flexibility index (Phi) is 4.87. The van der Waals surface area contributed by atoms with Crippen molar-refractivity contribution in [3.05, 3.63) is 18.1 Å². The zero-order valence-electron chi connectivity index (χ0n) is 11.5. The first-order chi connectivity index (χ1) is 7.95. The Labute approximate surface area is 104 Å². The average molecular weight is 236 g/mol. The van der Waals surface area contributed by atoms with Crippen LogP contribution in [0.15, 0.2) is 12.3 Å². The second kappa shape index (κ2) is 5.96. The predicted molar refractivity (Wildman–Crippen MR) is 71.9 cm³/mol. The molecule has 1 rings (SSSR count). The van der Waals surface area contributed by atoms with Crippen LogP contribution in [0.2, 0.25) is 0 Å². The second-order valence-corrected chi connectivity index (χ2v) is 5.39. The summed E-state index contributed by atoms with van der Waals surface area (Å²) in [6, 6.07) is 1.91. The highest BCUT2D eigenvalue weighted by Gasteiger charge is 2.21. The normalized spacial score (nSPS) is 11.9. The van der Waals surface area contributed by atoms with Crippen LogP contribution in [0, 0.1) is 11.3 Å². The predicted octanol–water partition coefficient (Wildman–Crippen LogP) is 2.29. The minimum Gasteiger partial charge on any atom is -0.369 e. The summed E-state index contributed by atoms with van der Waals surface area (Å²) < 4.78 is 0. The lowest BCUT2D eigenvalue weighted by atomic mass is 9.81. The van der Waals surface area contributed by atoms with Crippen molar-refractivity contribution in [3.63, 3.8) is 0 Å². The molecule has 0 fully saturated rings. The quantitative estimate of drug-likeness (QED) is 0.795. The molecule has 96 valence electrons. The van der Waals surface area contributed by atoms with E-state index in [0.717, 1.165) is 18.2 Å². The minimum atomic E-state index is 0.258. The summed E-state index contributed by atoms with van der Waals surface area (Å²) in [6.07, 6.45) is 1.80. The highest BCUT2D eigenvalue weighted by molar-refractivity contribution is 5.33. The summed E-state index contributed by atoms with van der Waals surface area (Å²) in [4.78, 5) is 8.64. The molecule has 4 nitrogen and oxygen atoms in total. The van der Waals surface area contributed by atoms with Crippen LogP contribution in [0.25, 0.3) is 0 Å². The molecular weight excluding hydrogens is 212 g/mol. The molecule has 1 aromatic heterocycles. The van der Waals surface area contributed by atoms with Gasteiger partial charge in [0.05, 0.1) is 6.54 Å². The van der Waals surface area contributed by atoms with Crippen LogP contribution in [0.3, 0.4) is 0 Å². The van der Waals surface area contributed by atoms with Crippen molar-refractivity contribution in [2.24, 2.45) is 11.3 Å². The average Bonchev–Trinajstić information content (AvgIpc) is 2.27. The van der Waals surface area contributed by atoms with Gasteiger partial charge >= 0.3 is 0 Å². The zero-order chi connectivity index (χ0) is 12.9. The van der Waals surface area contributed by atoms with Gasteiger partial charge in [0.2, 0.25) is 0 Å². The van der Waals surface area contributed by atoms with E-state index in [-0.39, 0.29) is 5.41 Å². The molecular formula is C13H24N4. The fourth-order valence-corrected chi connectivity index (χ4v) is 1.26. The molecule has 17 heavy (non-hydrogen) atoms. The number of hydrogen-bond acceptors (Lipinski definition) is 4. The standard InChI is InChI=1S/C13H24N4/c1-10(2)13(3,4)9-16-11-6-7-15-12(17-11)8-14-5/h6-7,10,14H,8-9H2,1-5H3,(H,15,16,17). The minimum absolute atomic E-state index is 0.258. The molecule has 4 heteroatoms. The summed E-state index contributed by atoms with van der Waals surface area (Å²) in [7, 11) is 1.89. The summed E-state index contributed by atoms with van der Waals surface area (Å²) in [5, 5.41) is 6.44. The van der Waals surface area contributed by atoms with Gasteiger partial charge in [0.15, 0.2) is 0 Å². The molecule has 0 aliphatic rings. The lowest BCUT2D eigenvalue weighted by Crippen LogP contribution is -2.28. The van der Waals surface area contributed by atoms with E-state index in [1.807, 2.05) is 13.1 Å². The van der Waals surface area contributed by atoms with E-state index in [2.05, 4.69) is 48.3 Å². The molecule has 2 N–H and O–H groups in total. The third kappa shape index (κ3) is 4.30. The van der Waals surface area contributed by atoms with Crippen LogP contribution in [0.4, 0.5) is 5.82 Å². The van der Waals surface area contributed by atoms with Crippen molar-refractivity contribution < 1.29 is 0 Å². The van der Waals surface area contributed by atoms with Crippen LogP contribution in [-0.4, -0.2) is 23.6 Å². The summed E-state index contributed by atoms with van der Waals surface area (Å²) in [6.45, 7) is 10.6. The van der Waals surface area contributed by atoms with Gasteiger partial charge in [-0.1, -0.05) is 27.7 Å². The first-order valence-electron chi connectivity index (χ1n) is 6.16. The third-order valence-electron chi connectivity index (χ3n) is 3.33. The van der Waals surface area contributed by atoms with E-state index < -0.39 is 0 Å². The molecule has 0 unspecified atom stereocenters. The van der Waals surface area contributed by atoms with E-state index in [0.29, 0.717) is 12.5 Å². The van der Waals surface area contributed by atoms with Crippen LogP contribution in [-0.2, 0) is 6.54 Å². The van der Waals surface area contributed by atoms with Crippen LogP contribution >= 0.6 is 0 Å². The molecule has 0 atom stereocenters. The highest BCUT2D eigenvalue weighted by atomic mass is 15.0. The van der Waals surface area contributed by atoms with Crippen molar-refractivity contribution in [1.29, 1.82) is 0 Å². The molecule has 0 aliphatic heterocycles. The van der Waals surface area contributed by atoms with Gasteiger partial charge in [0, 0.05) is 12.7 Å². The highest BCUT2D eigenvalue weighted by Crippen LogP contribution is 2.25. The van der Waals surface area contributed by atoms with Gasteiger partial charge in [-0.2, -0.15) is 0 Å². The molecule has 0 saturated carbocycles. The lowest BCUT2D eigenvalue weighted by Gasteiger charge is -2.29. The first-order valence-corrected chi connectivity index (χ1v) is 6.16. The number of nitrogens with one attached hydrogen (secondary N) is 2. The SMILES string of the molecule is CNCc1nccc(NCC(C)(C)C(C)C)n1. The van der Waals surface area contributed by atoms with Gasteiger partial charge in [0.25, 0.3) is 0 Å². The third-order valence-corrected chi connectivity index (χ3v) is 3.33. The van der Waals surface area contributed by atoms with Crippen LogP contribution in [0.1, 0.15) is 33.5 Å². The molecule has 1 heterocycles. The van der Waals surface area contributed by atoms with Gasteiger partial charge in [-0.05, 0) is 24.4 Å². The molecule has 0 amide bonds. The molecule has 0 radical (unpaired) electrons. The Morgan fingerprint density at radius 3 is 2.65 bits per heavy atom. The number of nitrogens with zero attached hydrogens (tertiary/aromatic N) is 2. The Hall–Kier alpha value is -1.16. The van der Waals surface area contributed by atoms with E-state index in [9.17, 15) is 0 Å². The Morgan fingerprint density at radius 2 is 2.06 bits per heavy atom. The number of hydrogen-bond donors (Lipinski definition) is 2. The zero-order valence-corrected chi connectivity index (χ0v) is 11.5. The fraction of sp³-hybridized carbons (Fsp3) is 0.692. The monoisotopic (exact) mass is 236 g/mol. The second-order valence-electron chi connectivity index (χ2n) is 5.39. The van der Waals surface area contributed by atoms with E-state index in [1.54, 1.807) is 6.20 Å². The van der Waals surface area contributed by atoms with Gasteiger partial charge < -0.3 is 10.6 Å². The van der Waals surface area contributed by atoms with Crippen LogP contribution < -0.4 is 10.6 Å². The summed E-state index contributed by atoms with van der Waals surface area (Å²) in [5.74, 6) is 2.35. The number of anilines is 1. The Balaban J connectivity index is 2.60. The van der Waals surface area contributed by atoms with E-state index in [4.69, 9.17) is 0 Å². The maximum atomic E-state index is 4.44. The molecule has 0 aromatic carbocycles. The van der Waals surface area contributed by atoms with Crippen molar-refractivity contribution in [2.75, 3.05) is 18.9 Å². The van der Waals surface area contributed by atoms with E-state index in [1.165, 1.54) is 0 Å². The van der Waals surface area contributed by atoms with Gasteiger partial charge in [-0.3, -0.25) is 0 Å². The smallest absolute Gasteiger partial charge is 0.144 e. The lowest BCUT2D eigenvalue weighted by molar-refractivity contribution is 0.269. The van der Waals surface area contributed by atoms with Crippen molar-refractivity contribution in [1.82, 2.24) is 15.3 Å². The summed E-state index contributed by atoms with van der Waals surface area (Å²) in [5.41, 5.74) is 0.258. The number of rotatable bonds is 6. The Morgan fingerprint density at radius 1 is 1.35 bits per heavy atom. The molecule has 0 bridgehead atoms. The maximum absolute atomic E-state index is 4.44. The molecule has 1 aromatic rings. The van der Waals surface area contributed by atoms with Gasteiger partial charge in [0.1, 0.15) is 11.6 Å². The van der Waals surface area contributed by atoms with Gasteiger partial charge in [-0.15, -0.1) is 0 Å². The fourth-order valence-electron chi connectivity index (χ4n) is 1.26. The molecule has 0 aliphatic carbocycles. The summed E-state index contributed by atoms with van der Waals surface area (Å²) >= 11 is 0. The maximum Gasteiger partial charge on any atom is 0.144 e. The topological polar surface area (TPSA) is 49.8 Å². The molecule has 0 spiro atoms.